The van der Waals surface area contributed by atoms with E-state index < -0.39 is 12.1 Å². The first-order valence-electron chi connectivity index (χ1n) is 7.97. The van der Waals surface area contributed by atoms with Gasteiger partial charge in [-0.3, -0.25) is 0 Å². The molecule has 1 N–H and O–H groups in total. The quantitative estimate of drug-likeness (QED) is 0.688. The Morgan fingerprint density at radius 1 is 0.800 bits per heavy atom. The van der Waals surface area contributed by atoms with E-state index in [1.165, 1.54) is 0 Å². The molecule has 0 aromatic heterocycles. The Morgan fingerprint density at radius 2 is 1.36 bits per heavy atom. The molecule has 3 aromatic rings. The van der Waals surface area contributed by atoms with Crippen molar-refractivity contribution >= 4 is 5.97 Å². The molecule has 3 rings (SSSR count). The summed E-state index contributed by atoms with van der Waals surface area (Å²) in [5.74, 6) is 0.831. The number of rotatable bonds is 7. The maximum absolute atomic E-state index is 11.6. The van der Waals surface area contributed by atoms with Gasteiger partial charge in [-0.1, -0.05) is 54.6 Å². The maximum atomic E-state index is 11.6. The van der Waals surface area contributed by atoms with Gasteiger partial charge in [-0.15, -0.1) is 0 Å². The Hall–Kier alpha value is -3.27. The number of benzene rings is 3. The minimum atomic E-state index is -1.02. The first-order valence-corrected chi connectivity index (χ1v) is 7.97. The largest absolute Gasteiger partial charge is 0.478 e. The molecule has 1 atom stereocenters. The Morgan fingerprint density at radius 3 is 2.00 bits per heavy atom. The topological polar surface area (TPSA) is 55.8 Å². The fraction of sp³-hybridized carbons (Fsp3) is 0.0952. The van der Waals surface area contributed by atoms with Crippen LogP contribution in [-0.4, -0.2) is 17.2 Å². The van der Waals surface area contributed by atoms with E-state index >= 15 is 0 Å². The number of hydrogen-bond acceptors (Lipinski definition) is 3. The lowest BCUT2D eigenvalue weighted by Crippen LogP contribution is -2.29. The van der Waals surface area contributed by atoms with Crippen molar-refractivity contribution in [3.63, 3.8) is 0 Å². The summed E-state index contributed by atoms with van der Waals surface area (Å²) in [6.45, 7) is 0. The summed E-state index contributed by atoms with van der Waals surface area (Å²) in [4.78, 5) is 11.6. The van der Waals surface area contributed by atoms with E-state index in [0.29, 0.717) is 17.2 Å². The van der Waals surface area contributed by atoms with Gasteiger partial charge in [-0.25, -0.2) is 4.79 Å². The van der Waals surface area contributed by atoms with E-state index in [1.54, 1.807) is 24.3 Å². The fourth-order valence-electron chi connectivity index (χ4n) is 2.43. The summed E-state index contributed by atoms with van der Waals surface area (Å²) in [5.41, 5.74) is 0.773. The lowest BCUT2D eigenvalue weighted by Gasteiger charge is -2.17. The van der Waals surface area contributed by atoms with Crippen molar-refractivity contribution in [2.45, 2.75) is 12.5 Å². The first-order chi connectivity index (χ1) is 12.2. The highest BCUT2D eigenvalue weighted by Crippen LogP contribution is 2.27. The molecule has 0 bridgehead atoms. The Bertz CT molecular complexity index is 816. The molecule has 25 heavy (non-hydrogen) atoms. The van der Waals surface area contributed by atoms with Crippen LogP contribution in [0.25, 0.3) is 0 Å². The molecule has 0 saturated carbocycles. The molecule has 0 heterocycles. The van der Waals surface area contributed by atoms with E-state index in [2.05, 4.69) is 0 Å². The Labute approximate surface area is 146 Å². The van der Waals surface area contributed by atoms with Crippen molar-refractivity contribution < 1.29 is 19.4 Å². The second-order valence-corrected chi connectivity index (χ2v) is 5.48. The predicted octanol–water partition coefficient (Wildman–Crippen LogP) is 4.55. The van der Waals surface area contributed by atoms with Crippen LogP contribution in [0.4, 0.5) is 0 Å². The van der Waals surface area contributed by atoms with Crippen LogP contribution in [0.3, 0.4) is 0 Å². The van der Waals surface area contributed by atoms with Crippen molar-refractivity contribution in [2.75, 3.05) is 0 Å². The number of aliphatic carboxylic acids is 1. The van der Waals surface area contributed by atoms with Crippen molar-refractivity contribution in [3.8, 4) is 17.2 Å². The van der Waals surface area contributed by atoms with Gasteiger partial charge in [0.15, 0.2) is 6.10 Å². The van der Waals surface area contributed by atoms with Crippen LogP contribution in [0.2, 0.25) is 0 Å². The molecule has 0 radical (unpaired) electrons. The van der Waals surface area contributed by atoms with E-state index in [1.807, 2.05) is 60.7 Å². The zero-order valence-corrected chi connectivity index (χ0v) is 13.5. The van der Waals surface area contributed by atoms with E-state index in [4.69, 9.17) is 9.47 Å². The lowest BCUT2D eigenvalue weighted by molar-refractivity contribution is -0.145. The maximum Gasteiger partial charge on any atom is 0.345 e. The number of para-hydroxylation sites is 3. The Kier molecular flexibility index (Phi) is 5.32. The summed E-state index contributed by atoms with van der Waals surface area (Å²) in [5, 5.41) is 9.51. The molecule has 0 saturated heterocycles. The van der Waals surface area contributed by atoms with E-state index in [9.17, 15) is 9.90 Å². The molecule has 0 amide bonds. The van der Waals surface area contributed by atoms with Gasteiger partial charge in [0.05, 0.1) is 0 Å². The fourth-order valence-corrected chi connectivity index (χ4v) is 2.43. The van der Waals surface area contributed by atoms with Crippen LogP contribution < -0.4 is 9.47 Å². The molecular weight excluding hydrogens is 316 g/mol. The molecule has 0 aliphatic heterocycles. The van der Waals surface area contributed by atoms with E-state index in [-0.39, 0.29) is 6.42 Å². The second kappa shape index (κ2) is 8.02. The number of hydrogen-bond donors (Lipinski definition) is 1. The van der Waals surface area contributed by atoms with Crippen LogP contribution in [0, 0.1) is 0 Å². The summed E-state index contributed by atoms with van der Waals surface area (Å²) in [7, 11) is 0. The standard InChI is InChI=1S/C21H18O4/c22-21(23)20(25-18-12-5-2-6-13-18)15-16-9-7-8-14-19(16)24-17-10-3-1-4-11-17/h1-14,20H,15H2,(H,22,23)/t20-/m0/s1. The van der Waals surface area contributed by atoms with Crippen LogP contribution >= 0.6 is 0 Å². The van der Waals surface area contributed by atoms with Gasteiger partial charge in [0, 0.05) is 6.42 Å². The highest BCUT2D eigenvalue weighted by atomic mass is 16.5. The zero-order chi connectivity index (χ0) is 17.5. The second-order valence-electron chi connectivity index (χ2n) is 5.48. The minimum Gasteiger partial charge on any atom is -0.478 e. The molecule has 4 heteroatoms. The highest BCUT2D eigenvalue weighted by Gasteiger charge is 2.22. The summed E-state index contributed by atoms with van der Waals surface area (Å²) in [6, 6.07) is 25.7. The number of carboxylic acids is 1. The molecule has 0 unspecified atom stereocenters. The molecule has 4 nitrogen and oxygen atoms in total. The lowest BCUT2D eigenvalue weighted by atomic mass is 10.1. The molecule has 0 aliphatic rings. The SMILES string of the molecule is O=C(O)[C@H](Cc1ccccc1Oc1ccccc1)Oc1ccccc1. The van der Waals surface area contributed by atoms with Gasteiger partial charge in [-0.2, -0.15) is 0 Å². The average Bonchev–Trinajstić information content (AvgIpc) is 2.64. The van der Waals surface area contributed by atoms with Crippen molar-refractivity contribution in [3.05, 3.63) is 90.5 Å². The Balaban J connectivity index is 1.79. The number of carboxylic acid groups (broad SMARTS) is 1. The van der Waals surface area contributed by atoms with Gasteiger partial charge in [0.25, 0.3) is 0 Å². The van der Waals surface area contributed by atoms with Gasteiger partial charge in [-0.05, 0) is 35.9 Å². The van der Waals surface area contributed by atoms with Crippen molar-refractivity contribution in [2.24, 2.45) is 0 Å². The van der Waals surface area contributed by atoms with Crippen LogP contribution in [-0.2, 0) is 11.2 Å². The highest BCUT2D eigenvalue weighted by molar-refractivity contribution is 5.73. The first kappa shape index (κ1) is 16.6. The molecule has 0 aliphatic carbocycles. The number of carbonyl (C=O) groups is 1. The monoisotopic (exact) mass is 334 g/mol. The van der Waals surface area contributed by atoms with Gasteiger partial charge in [0.1, 0.15) is 17.2 Å². The summed E-state index contributed by atoms with van der Waals surface area (Å²) in [6.07, 6.45) is -0.796. The van der Waals surface area contributed by atoms with Crippen LogP contribution in [0.5, 0.6) is 17.2 Å². The molecule has 0 spiro atoms. The van der Waals surface area contributed by atoms with Gasteiger partial charge in [0.2, 0.25) is 0 Å². The molecule has 0 fully saturated rings. The third-order valence-electron chi connectivity index (χ3n) is 3.65. The average molecular weight is 334 g/mol. The van der Waals surface area contributed by atoms with Crippen molar-refractivity contribution in [1.82, 2.24) is 0 Å². The minimum absolute atomic E-state index is 0.202. The normalized spacial score (nSPS) is 11.5. The van der Waals surface area contributed by atoms with Crippen molar-refractivity contribution in [1.29, 1.82) is 0 Å². The van der Waals surface area contributed by atoms with Gasteiger partial charge < -0.3 is 14.6 Å². The van der Waals surface area contributed by atoms with Crippen LogP contribution in [0.1, 0.15) is 5.56 Å². The number of ether oxygens (including phenoxy) is 2. The zero-order valence-electron chi connectivity index (χ0n) is 13.5. The third-order valence-corrected chi connectivity index (χ3v) is 3.65. The van der Waals surface area contributed by atoms with E-state index in [0.717, 1.165) is 5.56 Å². The van der Waals surface area contributed by atoms with Crippen LogP contribution in [0.15, 0.2) is 84.9 Å². The molecule has 126 valence electrons. The molecular formula is C21H18O4. The third kappa shape index (κ3) is 4.61. The molecule has 3 aromatic carbocycles. The summed E-state index contributed by atoms with van der Waals surface area (Å²) < 4.78 is 11.5. The smallest absolute Gasteiger partial charge is 0.345 e. The summed E-state index contributed by atoms with van der Waals surface area (Å²) >= 11 is 0. The van der Waals surface area contributed by atoms with Gasteiger partial charge >= 0.3 is 5.97 Å². The predicted molar refractivity (Wildman–Crippen MR) is 95.2 cm³/mol.